The van der Waals surface area contributed by atoms with E-state index in [1.807, 2.05) is 49.3 Å². The van der Waals surface area contributed by atoms with Crippen molar-refractivity contribution in [2.75, 3.05) is 40.4 Å². The molecule has 1 amide bonds. The number of carbonyl (C=O) groups excluding carboxylic acids is 2. The maximum atomic E-state index is 13.3. The molecule has 2 aromatic carbocycles. The van der Waals surface area contributed by atoms with Crippen molar-refractivity contribution in [3.05, 3.63) is 65.2 Å². The molecule has 0 spiro atoms. The van der Waals surface area contributed by atoms with E-state index in [1.165, 1.54) is 0 Å². The van der Waals surface area contributed by atoms with Crippen LogP contribution in [0.25, 0.3) is 5.76 Å². The quantitative estimate of drug-likeness (QED) is 0.138. The third-order valence-corrected chi connectivity index (χ3v) is 6.63. The minimum Gasteiger partial charge on any atom is -0.507 e. The molecule has 0 aliphatic carbocycles. The van der Waals surface area contributed by atoms with Crippen LogP contribution < -0.4 is 9.47 Å². The van der Waals surface area contributed by atoms with Crippen molar-refractivity contribution in [1.29, 1.82) is 0 Å². The van der Waals surface area contributed by atoms with Crippen molar-refractivity contribution in [1.82, 2.24) is 9.80 Å². The second kappa shape index (κ2) is 14.6. The molecule has 1 atom stereocenters. The lowest BCUT2D eigenvalue weighted by Crippen LogP contribution is -2.32. The zero-order valence-electron chi connectivity index (χ0n) is 23.2. The van der Waals surface area contributed by atoms with Crippen molar-refractivity contribution in [2.45, 2.75) is 58.4 Å². The summed E-state index contributed by atoms with van der Waals surface area (Å²) >= 11 is 0. The molecule has 1 aliphatic rings. The number of carbonyl (C=O) groups is 2. The van der Waals surface area contributed by atoms with Gasteiger partial charge in [0.2, 0.25) is 0 Å². The van der Waals surface area contributed by atoms with Gasteiger partial charge in [-0.15, -0.1) is 0 Å². The summed E-state index contributed by atoms with van der Waals surface area (Å²) in [7, 11) is 3.95. The Morgan fingerprint density at radius 2 is 1.58 bits per heavy atom. The topological polar surface area (TPSA) is 79.3 Å². The first-order valence-corrected chi connectivity index (χ1v) is 13.8. The number of likely N-dealkylation sites (tertiary alicyclic amines) is 1. The number of benzene rings is 2. The van der Waals surface area contributed by atoms with Gasteiger partial charge in [-0.2, -0.15) is 0 Å². The maximum absolute atomic E-state index is 13.3. The third-order valence-electron chi connectivity index (χ3n) is 6.63. The number of ether oxygens (including phenoxy) is 2. The summed E-state index contributed by atoms with van der Waals surface area (Å²) in [5.41, 5.74) is 1.31. The molecule has 1 saturated heterocycles. The Morgan fingerprint density at radius 1 is 0.895 bits per heavy atom. The number of hydrogen-bond acceptors (Lipinski definition) is 6. The van der Waals surface area contributed by atoms with Gasteiger partial charge in [0.1, 0.15) is 17.3 Å². The fourth-order valence-electron chi connectivity index (χ4n) is 4.53. The summed E-state index contributed by atoms with van der Waals surface area (Å²) in [6, 6.07) is 13.8. The second-order valence-electron chi connectivity index (χ2n) is 10.0. The zero-order chi connectivity index (χ0) is 27.5. The molecule has 206 valence electrons. The Balaban J connectivity index is 1.95. The number of hydrogen-bond donors (Lipinski definition) is 1. The van der Waals surface area contributed by atoms with Crippen molar-refractivity contribution >= 4 is 17.4 Å². The van der Waals surface area contributed by atoms with Crippen LogP contribution in [0.4, 0.5) is 0 Å². The molecule has 38 heavy (non-hydrogen) atoms. The van der Waals surface area contributed by atoms with Gasteiger partial charge in [-0.3, -0.25) is 9.59 Å². The van der Waals surface area contributed by atoms with Crippen molar-refractivity contribution < 1.29 is 24.2 Å². The van der Waals surface area contributed by atoms with Crippen molar-refractivity contribution in [3.8, 4) is 11.5 Å². The number of aliphatic hydroxyl groups excluding tert-OH is 1. The summed E-state index contributed by atoms with van der Waals surface area (Å²) < 4.78 is 11.7. The lowest BCUT2D eigenvalue weighted by atomic mass is 9.95. The molecule has 7 heteroatoms. The third kappa shape index (κ3) is 7.60. The number of nitrogens with zero attached hydrogens (tertiary/aromatic N) is 2. The Bertz CT molecular complexity index is 1090. The Labute approximate surface area is 227 Å². The average molecular weight is 523 g/mol. The van der Waals surface area contributed by atoms with Gasteiger partial charge in [0, 0.05) is 12.1 Å². The van der Waals surface area contributed by atoms with Gasteiger partial charge in [0.05, 0.1) is 24.8 Å². The highest BCUT2D eigenvalue weighted by Crippen LogP contribution is 2.40. The van der Waals surface area contributed by atoms with E-state index in [2.05, 4.69) is 13.8 Å². The minimum atomic E-state index is -0.684. The van der Waals surface area contributed by atoms with Crippen LogP contribution in [-0.4, -0.2) is 67.0 Å². The summed E-state index contributed by atoms with van der Waals surface area (Å²) in [6.07, 6.45) is 5.88. The highest BCUT2D eigenvalue weighted by Gasteiger charge is 2.45. The number of unbranched alkanes of at least 4 members (excludes halogenated alkanes) is 3. The Morgan fingerprint density at radius 3 is 2.26 bits per heavy atom. The molecule has 0 radical (unpaired) electrons. The van der Waals surface area contributed by atoms with E-state index in [0.29, 0.717) is 37.5 Å². The Hall–Kier alpha value is -3.32. The van der Waals surface area contributed by atoms with Crippen molar-refractivity contribution in [3.63, 3.8) is 0 Å². The lowest BCUT2D eigenvalue weighted by molar-refractivity contribution is -0.139. The van der Waals surface area contributed by atoms with Crippen molar-refractivity contribution in [2.24, 2.45) is 0 Å². The summed E-state index contributed by atoms with van der Waals surface area (Å²) in [5, 5.41) is 11.4. The van der Waals surface area contributed by atoms with E-state index in [4.69, 9.17) is 9.47 Å². The first kappa shape index (κ1) is 29.2. The fraction of sp³-hybridized carbons (Fsp3) is 0.484. The van der Waals surface area contributed by atoms with Crippen LogP contribution in [-0.2, 0) is 9.59 Å². The van der Waals surface area contributed by atoms with Gasteiger partial charge in [-0.1, -0.05) is 57.4 Å². The smallest absolute Gasteiger partial charge is 0.295 e. The van der Waals surface area contributed by atoms with Gasteiger partial charge in [-0.25, -0.2) is 0 Å². The minimum absolute atomic E-state index is 0.0992. The summed E-state index contributed by atoms with van der Waals surface area (Å²) in [4.78, 5) is 30.1. The molecular formula is C31H42N2O5. The van der Waals surface area contributed by atoms with Gasteiger partial charge in [0.15, 0.2) is 0 Å². The molecule has 7 nitrogen and oxygen atoms in total. The molecule has 1 fully saturated rings. The van der Waals surface area contributed by atoms with E-state index in [9.17, 15) is 14.7 Å². The fourth-order valence-corrected chi connectivity index (χ4v) is 4.53. The number of ketones is 1. The summed E-state index contributed by atoms with van der Waals surface area (Å²) in [6.45, 7) is 6.64. The maximum Gasteiger partial charge on any atom is 0.295 e. The standard InChI is InChI=1S/C31H42N2O5/c1-5-7-9-21-37-25-16-14-23(15-17-25)28-27(30(35)31(36)33(28)19-11-18-32(3)4)29(34)24-12-10-13-26(22-24)38-20-8-6-2/h10,12-17,22,28,34H,5-9,11,18-21H2,1-4H3/b29-27+. The molecule has 1 aliphatic heterocycles. The largest absolute Gasteiger partial charge is 0.507 e. The van der Waals surface area contributed by atoms with Crippen LogP contribution in [0.15, 0.2) is 54.1 Å². The van der Waals surface area contributed by atoms with Gasteiger partial charge < -0.3 is 24.4 Å². The lowest BCUT2D eigenvalue weighted by Gasteiger charge is -2.26. The predicted octanol–water partition coefficient (Wildman–Crippen LogP) is 5.81. The van der Waals surface area contributed by atoms with Crippen LogP contribution in [0, 0.1) is 0 Å². The molecule has 1 N–H and O–H groups in total. The van der Waals surface area contributed by atoms with E-state index in [-0.39, 0.29) is 11.3 Å². The molecule has 3 rings (SSSR count). The molecule has 0 bridgehead atoms. The van der Waals surface area contributed by atoms with Gasteiger partial charge >= 0.3 is 0 Å². The number of rotatable bonds is 15. The van der Waals surface area contributed by atoms with E-state index < -0.39 is 17.7 Å². The molecule has 0 aromatic heterocycles. The number of amides is 1. The Kier molecular flexibility index (Phi) is 11.2. The summed E-state index contributed by atoms with van der Waals surface area (Å²) in [5.74, 6) is -0.0976. The highest BCUT2D eigenvalue weighted by atomic mass is 16.5. The SMILES string of the molecule is CCCCCOc1ccc(C2/C(=C(\O)c3cccc(OCCCC)c3)C(=O)C(=O)N2CCCN(C)C)cc1. The monoisotopic (exact) mass is 522 g/mol. The van der Waals surface area contributed by atoms with Gasteiger partial charge in [0.25, 0.3) is 11.7 Å². The van der Waals surface area contributed by atoms with Crippen LogP contribution in [0.5, 0.6) is 11.5 Å². The molecule has 2 aromatic rings. The van der Waals surface area contributed by atoms with Crippen LogP contribution >= 0.6 is 0 Å². The normalized spacial score (nSPS) is 16.9. The molecular weight excluding hydrogens is 480 g/mol. The number of Topliss-reactive ketones (excluding diaryl/α,β-unsaturated/α-hetero) is 1. The highest BCUT2D eigenvalue weighted by molar-refractivity contribution is 6.46. The molecule has 1 heterocycles. The van der Waals surface area contributed by atoms with E-state index >= 15 is 0 Å². The zero-order valence-corrected chi connectivity index (χ0v) is 23.2. The van der Waals surface area contributed by atoms with Crippen LogP contribution in [0.1, 0.15) is 69.5 Å². The van der Waals surface area contributed by atoms with E-state index in [0.717, 1.165) is 50.0 Å². The first-order valence-electron chi connectivity index (χ1n) is 13.8. The number of aliphatic hydroxyl groups is 1. The van der Waals surface area contributed by atoms with Crippen LogP contribution in [0.2, 0.25) is 0 Å². The predicted molar refractivity (Wildman–Crippen MR) is 150 cm³/mol. The molecule has 1 unspecified atom stereocenters. The van der Waals surface area contributed by atoms with E-state index in [1.54, 1.807) is 23.1 Å². The first-order chi connectivity index (χ1) is 18.4. The van der Waals surface area contributed by atoms with Gasteiger partial charge in [-0.05, 0) is 69.7 Å². The average Bonchev–Trinajstić information content (AvgIpc) is 3.16. The second-order valence-corrected chi connectivity index (χ2v) is 10.0. The molecule has 0 saturated carbocycles. The van der Waals surface area contributed by atoms with Crippen LogP contribution in [0.3, 0.4) is 0 Å².